The Labute approximate surface area is 225 Å². The van der Waals surface area contributed by atoms with Crippen molar-refractivity contribution in [3.8, 4) is 17.1 Å². The van der Waals surface area contributed by atoms with Crippen LogP contribution >= 0.6 is 11.6 Å². The standard InChI is InChI=1S/C25H22ClF2N7O3/c1-30-25(36)16-10-31-21(26)7-18(16)34-19-6-13(11-38-12-20-17(28)3-4-22(29)35-20)5-15(23(19)37-2)24-32-8-14(27)9-33-24/h3-10H,11-12H2,1-2H3,(H2,29,35)(H,30,36)(H,31,34)/i1D3. The minimum Gasteiger partial charge on any atom is -0.494 e. The number of rotatable bonds is 9. The third kappa shape index (κ3) is 6.10. The number of aromatic nitrogens is 4. The van der Waals surface area contributed by atoms with Crippen molar-refractivity contribution in [2.75, 3.05) is 25.1 Å². The first-order valence-corrected chi connectivity index (χ1v) is 11.2. The molecule has 4 N–H and O–H groups in total. The number of carbonyl (C=O) groups is 1. The van der Waals surface area contributed by atoms with Gasteiger partial charge in [0.25, 0.3) is 5.91 Å². The van der Waals surface area contributed by atoms with Crippen LogP contribution in [0.4, 0.5) is 26.0 Å². The van der Waals surface area contributed by atoms with Crippen molar-refractivity contribution in [1.82, 2.24) is 25.3 Å². The van der Waals surface area contributed by atoms with Gasteiger partial charge >= 0.3 is 0 Å². The summed E-state index contributed by atoms with van der Waals surface area (Å²) < 4.78 is 61.0. The number of carbonyl (C=O) groups excluding carboxylic acids is 1. The van der Waals surface area contributed by atoms with Gasteiger partial charge in [0.2, 0.25) is 0 Å². The Morgan fingerprint density at radius 3 is 2.63 bits per heavy atom. The lowest BCUT2D eigenvalue weighted by molar-refractivity contribution is 0.0963. The molecule has 0 saturated carbocycles. The van der Waals surface area contributed by atoms with E-state index in [-0.39, 0.29) is 58.4 Å². The van der Waals surface area contributed by atoms with E-state index in [1.807, 2.05) is 5.32 Å². The fraction of sp³-hybridized carbons (Fsp3) is 0.160. The molecule has 0 radical (unpaired) electrons. The lowest BCUT2D eigenvalue weighted by Gasteiger charge is -2.18. The number of nitrogen functional groups attached to an aromatic ring is 1. The van der Waals surface area contributed by atoms with Crippen LogP contribution in [0, 0.1) is 11.6 Å². The third-order valence-electron chi connectivity index (χ3n) is 5.16. The molecule has 1 amide bonds. The quantitative estimate of drug-likeness (QED) is 0.264. The van der Waals surface area contributed by atoms with E-state index in [4.69, 9.17) is 30.9 Å². The molecular weight excluding hydrogens is 520 g/mol. The van der Waals surface area contributed by atoms with Gasteiger partial charge in [-0.3, -0.25) is 4.79 Å². The number of pyridine rings is 2. The number of nitrogens with two attached hydrogens (primary N) is 1. The van der Waals surface area contributed by atoms with E-state index in [0.717, 1.165) is 18.6 Å². The second kappa shape index (κ2) is 11.8. The average molecular weight is 545 g/mol. The summed E-state index contributed by atoms with van der Waals surface area (Å²) in [5.41, 5.74) is 6.70. The molecule has 0 aliphatic heterocycles. The Bertz CT molecular complexity index is 1580. The van der Waals surface area contributed by atoms with Crippen molar-refractivity contribution in [2.45, 2.75) is 13.2 Å². The molecule has 4 rings (SSSR count). The van der Waals surface area contributed by atoms with Crippen LogP contribution in [-0.4, -0.2) is 39.9 Å². The Morgan fingerprint density at radius 2 is 1.89 bits per heavy atom. The van der Waals surface area contributed by atoms with E-state index in [0.29, 0.717) is 11.1 Å². The van der Waals surface area contributed by atoms with Crippen LogP contribution in [0.2, 0.25) is 5.15 Å². The number of hydrogen-bond donors (Lipinski definition) is 3. The summed E-state index contributed by atoms with van der Waals surface area (Å²) in [7, 11) is 1.37. The minimum atomic E-state index is -2.76. The highest BCUT2D eigenvalue weighted by Crippen LogP contribution is 2.39. The fourth-order valence-electron chi connectivity index (χ4n) is 3.50. The van der Waals surface area contributed by atoms with Crippen molar-refractivity contribution < 1.29 is 27.2 Å². The van der Waals surface area contributed by atoms with E-state index in [1.165, 1.54) is 25.3 Å². The molecule has 0 atom stereocenters. The molecule has 196 valence electrons. The molecule has 0 unspecified atom stereocenters. The zero-order chi connectivity index (χ0) is 29.7. The second-order valence-corrected chi connectivity index (χ2v) is 8.13. The maximum atomic E-state index is 14.1. The molecule has 0 fully saturated rings. The first-order valence-electron chi connectivity index (χ1n) is 12.4. The molecular formula is C25H22ClF2N7O3. The number of hydrogen-bond acceptors (Lipinski definition) is 9. The van der Waals surface area contributed by atoms with Gasteiger partial charge in [0.05, 0.1) is 55.2 Å². The number of halogens is 3. The number of methoxy groups -OCH3 is 1. The number of nitrogens with one attached hydrogen (secondary N) is 2. The molecule has 0 saturated heterocycles. The molecule has 0 aliphatic rings. The van der Waals surface area contributed by atoms with Crippen LogP contribution in [0.15, 0.2) is 48.9 Å². The molecule has 1 aromatic carbocycles. The normalized spacial score (nSPS) is 12.3. The molecule has 0 bridgehead atoms. The van der Waals surface area contributed by atoms with Crippen LogP contribution in [0.5, 0.6) is 5.75 Å². The van der Waals surface area contributed by atoms with Gasteiger partial charge in [-0.25, -0.2) is 28.7 Å². The predicted octanol–water partition coefficient (Wildman–Crippen LogP) is 4.28. The summed E-state index contributed by atoms with van der Waals surface area (Å²) in [5.74, 6) is -1.75. The number of benzene rings is 1. The van der Waals surface area contributed by atoms with Gasteiger partial charge in [-0.15, -0.1) is 0 Å². The van der Waals surface area contributed by atoms with Crippen LogP contribution in [0.3, 0.4) is 0 Å². The summed E-state index contributed by atoms with van der Waals surface area (Å²) in [6.07, 6.45) is 3.07. The van der Waals surface area contributed by atoms with Crippen LogP contribution in [0.1, 0.15) is 25.7 Å². The van der Waals surface area contributed by atoms with Crippen molar-refractivity contribution in [2.24, 2.45) is 0 Å². The van der Waals surface area contributed by atoms with Crippen molar-refractivity contribution >= 4 is 34.7 Å². The summed E-state index contributed by atoms with van der Waals surface area (Å²) in [5, 5.41) is 4.93. The lowest BCUT2D eigenvalue weighted by atomic mass is 10.1. The Morgan fingerprint density at radius 1 is 1.11 bits per heavy atom. The smallest absolute Gasteiger partial charge is 0.254 e. The summed E-state index contributed by atoms with van der Waals surface area (Å²) in [6.45, 7) is -3.02. The van der Waals surface area contributed by atoms with Crippen molar-refractivity contribution in [3.63, 3.8) is 0 Å². The zero-order valence-corrected chi connectivity index (χ0v) is 20.5. The Kier molecular flexibility index (Phi) is 7.04. The first kappa shape index (κ1) is 22.8. The number of anilines is 3. The van der Waals surface area contributed by atoms with Gasteiger partial charge < -0.3 is 25.8 Å². The van der Waals surface area contributed by atoms with Crippen LogP contribution < -0.4 is 21.1 Å². The number of nitrogens with zero attached hydrogens (tertiary/aromatic N) is 4. The van der Waals surface area contributed by atoms with Gasteiger partial charge in [0, 0.05) is 17.3 Å². The van der Waals surface area contributed by atoms with E-state index < -0.39 is 24.5 Å². The number of amides is 1. The lowest BCUT2D eigenvalue weighted by Crippen LogP contribution is -2.19. The third-order valence-corrected chi connectivity index (χ3v) is 5.37. The maximum absolute atomic E-state index is 14.1. The summed E-state index contributed by atoms with van der Waals surface area (Å²) in [6, 6.07) is 7.06. The average Bonchev–Trinajstić information content (AvgIpc) is 2.90. The SMILES string of the molecule is [2H]C([2H])([2H])NC(=O)c1cnc(Cl)cc1Nc1cc(COCc2nc(N)ccc2F)cc(-c2ncc(F)cn2)c1OC. The zero-order valence-electron chi connectivity index (χ0n) is 22.8. The minimum absolute atomic E-state index is 0.00939. The first-order chi connectivity index (χ1) is 19.4. The molecule has 4 aromatic rings. The Balaban J connectivity index is 1.74. The van der Waals surface area contributed by atoms with Gasteiger partial charge in [0.1, 0.15) is 22.5 Å². The van der Waals surface area contributed by atoms with Crippen molar-refractivity contribution in [3.05, 3.63) is 82.5 Å². The molecule has 13 heteroatoms. The highest BCUT2D eigenvalue weighted by atomic mass is 35.5. The van der Waals surface area contributed by atoms with Gasteiger partial charge in [0.15, 0.2) is 17.4 Å². The number of ether oxygens (including phenoxy) is 2. The van der Waals surface area contributed by atoms with Crippen molar-refractivity contribution in [1.29, 1.82) is 0 Å². The van der Waals surface area contributed by atoms with E-state index in [9.17, 15) is 13.6 Å². The molecule has 10 nitrogen and oxygen atoms in total. The second-order valence-electron chi connectivity index (χ2n) is 7.74. The Hall–Kier alpha value is -4.42. The largest absolute Gasteiger partial charge is 0.494 e. The molecule has 0 aliphatic carbocycles. The van der Waals surface area contributed by atoms with E-state index in [1.54, 1.807) is 12.1 Å². The monoisotopic (exact) mass is 544 g/mol. The summed E-state index contributed by atoms with van der Waals surface area (Å²) in [4.78, 5) is 28.6. The molecule has 0 spiro atoms. The van der Waals surface area contributed by atoms with E-state index in [2.05, 4.69) is 25.3 Å². The highest BCUT2D eigenvalue weighted by Gasteiger charge is 2.19. The van der Waals surface area contributed by atoms with Crippen LogP contribution in [-0.2, 0) is 18.0 Å². The van der Waals surface area contributed by atoms with Crippen LogP contribution in [0.25, 0.3) is 11.4 Å². The predicted molar refractivity (Wildman–Crippen MR) is 137 cm³/mol. The van der Waals surface area contributed by atoms with Gasteiger partial charge in [-0.1, -0.05) is 11.6 Å². The molecule has 3 heterocycles. The maximum Gasteiger partial charge on any atom is 0.254 e. The van der Waals surface area contributed by atoms with Gasteiger partial charge in [-0.2, -0.15) is 0 Å². The fourth-order valence-corrected chi connectivity index (χ4v) is 3.65. The van der Waals surface area contributed by atoms with Gasteiger partial charge in [-0.05, 0) is 35.9 Å². The highest BCUT2D eigenvalue weighted by molar-refractivity contribution is 6.29. The molecule has 38 heavy (non-hydrogen) atoms. The summed E-state index contributed by atoms with van der Waals surface area (Å²) >= 11 is 6.07. The van der Waals surface area contributed by atoms with E-state index >= 15 is 0 Å². The molecule has 3 aromatic heterocycles. The topological polar surface area (TPSA) is 137 Å².